The highest BCUT2D eigenvalue weighted by Gasteiger charge is 2.22. The number of nitrogens with one attached hydrogen (secondary N) is 2. The normalized spacial score (nSPS) is 20.0. The van der Waals surface area contributed by atoms with Crippen LogP contribution in [0.15, 0.2) is 78.4 Å². The van der Waals surface area contributed by atoms with Crippen molar-refractivity contribution < 1.29 is 0 Å². The SMILES string of the molecule is C(=Cc1n[nH]c2cc(/C=C3/CNCC3c3ccccc3)ccc12)c1ccc(CN2CCCC2)cc1. The van der Waals surface area contributed by atoms with Crippen LogP contribution in [0.25, 0.3) is 29.1 Å². The quantitative estimate of drug-likeness (QED) is 0.365. The smallest absolute Gasteiger partial charge is 0.0927 e. The van der Waals surface area contributed by atoms with Gasteiger partial charge in [-0.1, -0.05) is 72.8 Å². The van der Waals surface area contributed by atoms with Crippen LogP contribution in [0.1, 0.15) is 46.7 Å². The molecule has 0 spiro atoms. The minimum atomic E-state index is 0.439. The molecule has 0 saturated carbocycles. The second-order valence-electron chi connectivity index (χ2n) is 9.79. The van der Waals surface area contributed by atoms with E-state index in [9.17, 15) is 0 Å². The van der Waals surface area contributed by atoms with E-state index in [1.807, 2.05) is 0 Å². The summed E-state index contributed by atoms with van der Waals surface area (Å²) in [6.07, 6.45) is 9.27. The molecular formula is C31H32N4. The van der Waals surface area contributed by atoms with Crippen LogP contribution < -0.4 is 5.32 Å². The Balaban J connectivity index is 1.17. The van der Waals surface area contributed by atoms with Gasteiger partial charge in [0, 0.05) is 30.9 Å². The number of aromatic amines is 1. The summed E-state index contributed by atoms with van der Waals surface area (Å²) in [6.45, 7) is 5.46. The summed E-state index contributed by atoms with van der Waals surface area (Å²) >= 11 is 0. The first-order valence-corrected chi connectivity index (χ1v) is 12.8. The van der Waals surface area contributed by atoms with Crippen molar-refractivity contribution in [2.75, 3.05) is 26.2 Å². The van der Waals surface area contributed by atoms with Crippen LogP contribution in [0.5, 0.6) is 0 Å². The van der Waals surface area contributed by atoms with E-state index in [-0.39, 0.29) is 0 Å². The molecule has 2 aliphatic heterocycles. The van der Waals surface area contributed by atoms with Gasteiger partial charge in [-0.2, -0.15) is 5.10 Å². The lowest BCUT2D eigenvalue weighted by Crippen LogP contribution is -2.18. The lowest BCUT2D eigenvalue weighted by Gasteiger charge is -2.14. The molecule has 1 atom stereocenters. The Morgan fingerprint density at radius 1 is 0.886 bits per heavy atom. The number of rotatable bonds is 6. The highest BCUT2D eigenvalue weighted by atomic mass is 15.1. The standard InChI is InChI=1S/C31H32N4/c1-2-6-26(7-3-1)29-21-32-20-27(29)18-25-12-14-28-30(33-34-31(28)19-25)15-13-23-8-10-24(11-9-23)22-35-16-4-5-17-35/h1-3,6-15,18-19,29,32H,4-5,16-17,20-22H2,(H,33,34)/b15-13?,27-18-. The summed E-state index contributed by atoms with van der Waals surface area (Å²) in [5, 5.41) is 12.5. The van der Waals surface area contributed by atoms with E-state index in [2.05, 4.69) is 111 Å². The van der Waals surface area contributed by atoms with Crippen molar-refractivity contribution in [3.63, 3.8) is 0 Å². The Labute approximate surface area is 207 Å². The maximum Gasteiger partial charge on any atom is 0.0927 e. The van der Waals surface area contributed by atoms with Crippen LogP contribution in [0.2, 0.25) is 0 Å². The largest absolute Gasteiger partial charge is 0.312 e. The molecule has 0 radical (unpaired) electrons. The molecule has 2 fully saturated rings. The van der Waals surface area contributed by atoms with Crippen LogP contribution in [0, 0.1) is 0 Å². The molecule has 35 heavy (non-hydrogen) atoms. The molecule has 1 unspecified atom stereocenters. The van der Waals surface area contributed by atoms with Gasteiger partial charge in [0.1, 0.15) is 0 Å². The van der Waals surface area contributed by atoms with Gasteiger partial charge in [-0.25, -0.2) is 0 Å². The molecule has 4 aromatic rings. The summed E-state index contributed by atoms with van der Waals surface area (Å²) in [4.78, 5) is 2.54. The average Bonchev–Trinajstić information content (AvgIpc) is 3.66. The molecule has 2 aliphatic rings. The summed E-state index contributed by atoms with van der Waals surface area (Å²) in [7, 11) is 0. The minimum absolute atomic E-state index is 0.439. The monoisotopic (exact) mass is 460 g/mol. The molecule has 3 aromatic carbocycles. The lowest BCUT2D eigenvalue weighted by atomic mass is 9.92. The fraction of sp³-hybridized carbons (Fsp3) is 0.258. The van der Waals surface area contributed by atoms with Gasteiger partial charge >= 0.3 is 0 Å². The highest BCUT2D eigenvalue weighted by molar-refractivity contribution is 5.90. The molecular weight excluding hydrogens is 428 g/mol. The van der Waals surface area contributed by atoms with Gasteiger partial charge in [-0.3, -0.25) is 10.00 Å². The van der Waals surface area contributed by atoms with Crippen LogP contribution in [0.4, 0.5) is 0 Å². The predicted molar refractivity (Wildman–Crippen MR) is 146 cm³/mol. The van der Waals surface area contributed by atoms with E-state index in [1.165, 1.54) is 53.8 Å². The molecule has 0 bridgehead atoms. The van der Waals surface area contributed by atoms with Crippen molar-refractivity contribution in [2.24, 2.45) is 0 Å². The number of nitrogens with zero attached hydrogens (tertiary/aromatic N) is 2. The molecule has 2 saturated heterocycles. The number of likely N-dealkylation sites (tertiary alicyclic amines) is 1. The van der Waals surface area contributed by atoms with Gasteiger partial charge in [-0.05, 0) is 72.0 Å². The number of fused-ring (bicyclic) bond motifs is 1. The molecule has 176 valence electrons. The zero-order valence-electron chi connectivity index (χ0n) is 20.1. The maximum atomic E-state index is 4.58. The van der Waals surface area contributed by atoms with Crippen molar-refractivity contribution in [1.82, 2.24) is 20.4 Å². The van der Waals surface area contributed by atoms with Gasteiger partial charge in [0.05, 0.1) is 11.2 Å². The van der Waals surface area contributed by atoms with Gasteiger partial charge in [-0.15, -0.1) is 0 Å². The van der Waals surface area contributed by atoms with Crippen molar-refractivity contribution >= 4 is 29.1 Å². The van der Waals surface area contributed by atoms with Crippen LogP contribution >= 0.6 is 0 Å². The average molecular weight is 461 g/mol. The first kappa shape index (κ1) is 22.0. The van der Waals surface area contributed by atoms with E-state index >= 15 is 0 Å². The second kappa shape index (κ2) is 10.0. The van der Waals surface area contributed by atoms with E-state index in [0.29, 0.717) is 5.92 Å². The zero-order chi connectivity index (χ0) is 23.5. The summed E-state index contributed by atoms with van der Waals surface area (Å²) in [6, 6.07) is 26.3. The third-order valence-electron chi connectivity index (χ3n) is 7.31. The molecule has 4 heteroatoms. The highest BCUT2D eigenvalue weighted by Crippen LogP contribution is 2.30. The number of hydrogen-bond donors (Lipinski definition) is 2. The second-order valence-corrected chi connectivity index (χ2v) is 9.79. The van der Waals surface area contributed by atoms with E-state index in [0.717, 1.165) is 36.2 Å². The maximum absolute atomic E-state index is 4.58. The van der Waals surface area contributed by atoms with Crippen LogP contribution in [0.3, 0.4) is 0 Å². The first-order valence-electron chi connectivity index (χ1n) is 12.8. The van der Waals surface area contributed by atoms with Gasteiger partial charge < -0.3 is 5.32 Å². The van der Waals surface area contributed by atoms with E-state index in [1.54, 1.807) is 0 Å². The Kier molecular flexibility index (Phi) is 6.31. The predicted octanol–water partition coefficient (Wildman–Crippen LogP) is 6.10. The number of hydrogen-bond acceptors (Lipinski definition) is 3. The van der Waals surface area contributed by atoms with Gasteiger partial charge in [0.2, 0.25) is 0 Å². The van der Waals surface area contributed by atoms with Gasteiger partial charge in [0.15, 0.2) is 0 Å². The van der Waals surface area contributed by atoms with E-state index in [4.69, 9.17) is 0 Å². The molecule has 4 nitrogen and oxygen atoms in total. The fourth-order valence-electron chi connectivity index (χ4n) is 5.38. The van der Waals surface area contributed by atoms with Crippen molar-refractivity contribution in [1.29, 1.82) is 0 Å². The molecule has 0 aliphatic carbocycles. The van der Waals surface area contributed by atoms with Crippen molar-refractivity contribution in [2.45, 2.75) is 25.3 Å². The summed E-state index contributed by atoms with van der Waals surface area (Å²) in [5.41, 5.74) is 8.67. The topological polar surface area (TPSA) is 44.0 Å². The molecule has 0 amide bonds. The molecule has 6 rings (SSSR count). The summed E-state index contributed by atoms with van der Waals surface area (Å²) < 4.78 is 0. The third kappa shape index (κ3) is 5.00. The number of aromatic nitrogens is 2. The van der Waals surface area contributed by atoms with Crippen LogP contribution in [-0.2, 0) is 6.54 Å². The van der Waals surface area contributed by atoms with E-state index < -0.39 is 0 Å². The molecule has 1 aromatic heterocycles. The Morgan fingerprint density at radius 3 is 2.51 bits per heavy atom. The van der Waals surface area contributed by atoms with Crippen LogP contribution in [-0.4, -0.2) is 41.3 Å². The zero-order valence-corrected chi connectivity index (χ0v) is 20.1. The molecule has 3 heterocycles. The summed E-state index contributed by atoms with van der Waals surface area (Å²) in [5.74, 6) is 0.439. The lowest BCUT2D eigenvalue weighted by molar-refractivity contribution is 0.331. The Morgan fingerprint density at radius 2 is 1.69 bits per heavy atom. The van der Waals surface area contributed by atoms with Crippen molar-refractivity contribution in [3.8, 4) is 0 Å². The number of H-pyrrole nitrogens is 1. The fourth-order valence-corrected chi connectivity index (χ4v) is 5.38. The minimum Gasteiger partial charge on any atom is -0.312 e. The van der Waals surface area contributed by atoms with Gasteiger partial charge in [0.25, 0.3) is 0 Å². The van der Waals surface area contributed by atoms with Crippen molar-refractivity contribution in [3.05, 3.63) is 106 Å². The molecule has 2 N–H and O–H groups in total. The first-order chi connectivity index (χ1) is 17.3. The third-order valence-corrected chi connectivity index (χ3v) is 7.31. The Bertz CT molecular complexity index is 1340. The number of benzene rings is 3. The Hall–Kier alpha value is -3.47.